The predicted octanol–water partition coefficient (Wildman–Crippen LogP) is -2.39. The smallest absolute Gasteiger partial charge is 0.327 e. The van der Waals surface area contributed by atoms with Crippen LogP contribution in [0.25, 0.3) is 0 Å². The Morgan fingerprint density at radius 1 is 1.03 bits per heavy atom. The Hall–Kier alpha value is -2.19. The van der Waals surface area contributed by atoms with Crippen LogP contribution in [-0.2, 0) is 19.2 Å². The maximum absolute atomic E-state index is 12.6. The molecule has 0 aliphatic carbocycles. The Morgan fingerprint density at radius 2 is 1.65 bits per heavy atom. The van der Waals surface area contributed by atoms with E-state index in [0.717, 1.165) is 0 Å². The minimum absolute atomic E-state index is 0.0472. The summed E-state index contributed by atoms with van der Waals surface area (Å²) in [5.41, 5.74) is 16.3. The number of nitrogens with zero attached hydrogens (tertiary/aromatic N) is 1. The van der Waals surface area contributed by atoms with Crippen LogP contribution in [0, 0.1) is 0 Å². The van der Waals surface area contributed by atoms with E-state index in [-0.39, 0.29) is 11.7 Å². The van der Waals surface area contributed by atoms with Crippen molar-refractivity contribution in [3.05, 3.63) is 0 Å². The first kappa shape index (κ1) is 28.8. The Balaban J connectivity index is 4.87. The number of nitrogens with two attached hydrogens (primary N) is 3. The van der Waals surface area contributed by atoms with Gasteiger partial charge in [0.05, 0.1) is 6.04 Å². The number of carboxylic acids is 1. The second-order valence-electron chi connectivity index (χ2n) is 6.71. The summed E-state index contributed by atoms with van der Waals surface area (Å²) in [5.74, 6) is -2.56. The highest BCUT2D eigenvalue weighted by Gasteiger charge is 2.27. The van der Waals surface area contributed by atoms with Crippen molar-refractivity contribution >= 4 is 54.0 Å². The SMILES string of the molecule is CSCCC(NC(=O)C(N)CCCN=C(N)N)C(=O)NC(C)C(=O)NC(CS)C(=O)O. The summed E-state index contributed by atoms with van der Waals surface area (Å²) in [6, 6.07) is -3.96. The van der Waals surface area contributed by atoms with E-state index in [1.165, 1.54) is 18.7 Å². The van der Waals surface area contributed by atoms with Gasteiger partial charge in [0.15, 0.2) is 5.96 Å². The van der Waals surface area contributed by atoms with Crippen molar-refractivity contribution < 1.29 is 24.3 Å². The van der Waals surface area contributed by atoms with Crippen molar-refractivity contribution in [1.29, 1.82) is 0 Å². The van der Waals surface area contributed by atoms with Gasteiger partial charge in [-0.15, -0.1) is 0 Å². The third kappa shape index (κ3) is 12.3. The fourth-order valence-corrected chi connectivity index (χ4v) is 3.01. The predicted molar refractivity (Wildman–Crippen MR) is 124 cm³/mol. The Labute approximate surface area is 191 Å². The zero-order valence-corrected chi connectivity index (χ0v) is 19.4. The molecule has 0 aliphatic rings. The Morgan fingerprint density at radius 3 is 2.16 bits per heavy atom. The van der Waals surface area contributed by atoms with E-state index in [9.17, 15) is 19.2 Å². The summed E-state index contributed by atoms with van der Waals surface area (Å²) in [4.78, 5) is 52.0. The largest absolute Gasteiger partial charge is 0.480 e. The molecule has 12 nitrogen and oxygen atoms in total. The Kier molecular flexibility index (Phi) is 14.5. The molecule has 0 aliphatic heterocycles. The highest BCUT2D eigenvalue weighted by molar-refractivity contribution is 7.98. The molecule has 14 heteroatoms. The van der Waals surface area contributed by atoms with Crippen molar-refractivity contribution in [2.24, 2.45) is 22.2 Å². The van der Waals surface area contributed by atoms with Crippen LogP contribution in [0.3, 0.4) is 0 Å². The fourth-order valence-electron chi connectivity index (χ4n) is 2.30. The molecular weight excluding hydrogens is 446 g/mol. The van der Waals surface area contributed by atoms with E-state index in [1.54, 1.807) is 0 Å². The number of carboxylic acid groups (broad SMARTS) is 1. The lowest BCUT2D eigenvalue weighted by molar-refractivity contribution is -0.141. The molecule has 0 aromatic heterocycles. The lowest BCUT2D eigenvalue weighted by atomic mass is 10.1. The van der Waals surface area contributed by atoms with Crippen LogP contribution in [0.15, 0.2) is 4.99 Å². The molecule has 0 saturated carbocycles. The van der Waals surface area contributed by atoms with Crippen molar-refractivity contribution in [2.45, 2.75) is 50.4 Å². The number of aliphatic imine (C=N–C) groups is 1. The monoisotopic (exact) mass is 479 g/mol. The Bertz CT molecular complexity index is 646. The molecule has 0 spiro atoms. The number of carbonyl (C=O) groups is 4. The van der Waals surface area contributed by atoms with E-state index in [1.807, 2.05) is 6.26 Å². The lowest BCUT2D eigenvalue weighted by Crippen LogP contribution is -2.56. The summed E-state index contributed by atoms with van der Waals surface area (Å²) in [7, 11) is 0. The van der Waals surface area contributed by atoms with Crippen LogP contribution in [0.2, 0.25) is 0 Å². The molecule has 0 radical (unpaired) electrons. The van der Waals surface area contributed by atoms with Crippen LogP contribution in [0.4, 0.5) is 0 Å². The third-order valence-electron chi connectivity index (χ3n) is 4.10. The second-order valence-corrected chi connectivity index (χ2v) is 8.06. The number of hydrogen-bond donors (Lipinski definition) is 8. The fraction of sp³-hybridized carbons (Fsp3) is 0.706. The first-order chi connectivity index (χ1) is 14.5. The molecule has 0 heterocycles. The molecule has 0 aromatic rings. The molecule has 0 saturated heterocycles. The van der Waals surface area contributed by atoms with Gasteiger partial charge in [0.1, 0.15) is 18.1 Å². The standard InChI is InChI=1S/C17H33N7O5S2/c1-9(13(25)24-12(8-30)16(28)29)22-15(27)11(5-7-31-2)23-14(26)10(18)4-3-6-21-17(19)20/h9-12,30H,3-8,18H2,1-2H3,(H,22,27)(H,23,26)(H,24,25)(H,28,29)(H4,19,20,21). The van der Waals surface area contributed by atoms with Gasteiger partial charge in [-0.25, -0.2) is 4.79 Å². The van der Waals surface area contributed by atoms with Crippen LogP contribution in [0.5, 0.6) is 0 Å². The van der Waals surface area contributed by atoms with Gasteiger partial charge in [-0.2, -0.15) is 24.4 Å². The molecule has 4 unspecified atom stereocenters. The minimum Gasteiger partial charge on any atom is -0.480 e. The maximum atomic E-state index is 12.6. The molecule has 0 fully saturated rings. The van der Waals surface area contributed by atoms with Gasteiger partial charge < -0.3 is 38.3 Å². The number of thiol groups is 1. The number of amides is 3. The number of aliphatic carboxylic acids is 1. The average molecular weight is 480 g/mol. The van der Waals surface area contributed by atoms with Crippen LogP contribution < -0.4 is 33.2 Å². The summed E-state index contributed by atoms with van der Waals surface area (Å²) >= 11 is 5.36. The summed E-state index contributed by atoms with van der Waals surface area (Å²) in [5, 5.41) is 16.4. The van der Waals surface area contributed by atoms with Gasteiger partial charge in [-0.3, -0.25) is 19.4 Å². The number of thioether (sulfide) groups is 1. The van der Waals surface area contributed by atoms with Gasteiger partial charge in [0, 0.05) is 12.3 Å². The molecule has 31 heavy (non-hydrogen) atoms. The molecule has 0 bridgehead atoms. The normalized spacial score (nSPS) is 14.5. The number of nitrogens with one attached hydrogen (secondary N) is 3. The van der Waals surface area contributed by atoms with E-state index >= 15 is 0 Å². The molecule has 3 amide bonds. The van der Waals surface area contributed by atoms with Gasteiger partial charge in [0.2, 0.25) is 17.7 Å². The summed E-state index contributed by atoms with van der Waals surface area (Å²) in [6.07, 6.45) is 2.98. The topological polar surface area (TPSA) is 215 Å². The van der Waals surface area contributed by atoms with Gasteiger partial charge in [-0.05, 0) is 38.2 Å². The molecular formula is C17H33N7O5S2. The third-order valence-corrected chi connectivity index (χ3v) is 5.11. The zero-order chi connectivity index (χ0) is 24.0. The molecule has 178 valence electrons. The summed E-state index contributed by atoms with van der Waals surface area (Å²) < 4.78 is 0. The quantitative estimate of drug-likeness (QED) is 0.0543. The average Bonchev–Trinajstić information content (AvgIpc) is 2.71. The van der Waals surface area contributed by atoms with Crippen molar-refractivity contribution in [2.75, 3.05) is 24.3 Å². The van der Waals surface area contributed by atoms with Gasteiger partial charge >= 0.3 is 5.97 Å². The number of carbonyl (C=O) groups excluding carboxylic acids is 3. The maximum Gasteiger partial charge on any atom is 0.327 e. The lowest BCUT2D eigenvalue weighted by Gasteiger charge is -2.23. The van der Waals surface area contributed by atoms with E-state index in [4.69, 9.17) is 22.3 Å². The van der Waals surface area contributed by atoms with E-state index in [2.05, 4.69) is 33.6 Å². The van der Waals surface area contributed by atoms with Gasteiger partial charge in [0.25, 0.3) is 0 Å². The van der Waals surface area contributed by atoms with E-state index in [0.29, 0.717) is 31.6 Å². The van der Waals surface area contributed by atoms with Crippen LogP contribution in [0.1, 0.15) is 26.2 Å². The molecule has 0 rings (SSSR count). The van der Waals surface area contributed by atoms with Crippen molar-refractivity contribution in [3.63, 3.8) is 0 Å². The van der Waals surface area contributed by atoms with Crippen molar-refractivity contribution in [1.82, 2.24) is 16.0 Å². The number of rotatable bonds is 15. The second kappa shape index (κ2) is 15.6. The molecule has 10 N–H and O–H groups in total. The van der Waals surface area contributed by atoms with Crippen LogP contribution >= 0.6 is 24.4 Å². The number of hydrogen-bond acceptors (Lipinski definition) is 8. The zero-order valence-electron chi connectivity index (χ0n) is 17.7. The number of guanidine groups is 1. The first-order valence-corrected chi connectivity index (χ1v) is 11.6. The highest BCUT2D eigenvalue weighted by atomic mass is 32.2. The molecule has 4 atom stereocenters. The highest BCUT2D eigenvalue weighted by Crippen LogP contribution is 2.04. The van der Waals surface area contributed by atoms with Crippen molar-refractivity contribution in [3.8, 4) is 0 Å². The van der Waals surface area contributed by atoms with Crippen LogP contribution in [-0.4, -0.2) is 83.2 Å². The van der Waals surface area contributed by atoms with E-state index < -0.39 is 47.9 Å². The van der Waals surface area contributed by atoms with Gasteiger partial charge in [-0.1, -0.05) is 0 Å². The first-order valence-electron chi connectivity index (χ1n) is 9.58. The summed E-state index contributed by atoms with van der Waals surface area (Å²) in [6.45, 7) is 1.74. The minimum atomic E-state index is -1.24. The molecule has 0 aromatic carbocycles.